The van der Waals surface area contributed by atoms with Gasteiger partial charge in [0, 0.05) is 5.92 Å². The van der Waals surface area contributed by atoms with Gasteiger partial charge in [0.15, 0.2) is 0 Å². The number of rotatable bonds is 9. The van der Waals surface area contributed by atoms with Crippen LogP contribution in [0.3, 0.4) is 0 Å². The molecule has 1 unspecified atom stereocenters. The van der Waals surface area contributed by atoms with E-state index in [0.717, 1.165) is 27.8 Å². The fourth-order valence-corrected chi connectivity index (χ4v) is 4.38. The van der Waals surface area contributed by atoms with E-state index in [1.54, 1.807) is 0 Å². The van der Waals surface area contributed by atoms with Crippen LogP contribution in [-0.2, 0) is 20.7 Å². The average molecular weight is 473 g/mol. The monoisotopic (exact) mass is 472 g/mol. The van der Waals surface area contributed by atoms with Crippen molar-refractivity contribution in [2.75, 3.05) is 6.61 Å². The summed E-state index contributed by atoms with van der Waals surface area (Å²) in [6.07, 6.45) is 0.110. The molecule has 0 fully saturated rings. The zero-order valence-electron chi connectivity index (χ0n) is 19.4. The predicted octanol–water partition coefficient (Wildman–Crippen LogP) is 4.12. The molecule has 0 spiro atoms. The van der Waals surface area contributed by atoms with Crippen molar-refractivity contribution in [2.45, 2.75) is 37.8 Å². The number of aliphatic carboxylic acids is 1. The van der Waals surface area contributed by atoms with Gasteiger partial charge in [-0.1, -0.05) is 78.9 Å². The molecule has 0 radical (unpaired) electrons. The lowest BCUT2D eigenvalue weighted by molar-refractivity contribution is -0.141. The van der Waals surface area contributed by atoms with Crippen molar-refractivity contribution in [3.8, 4) is 11.1 Å². The quantitative estimate of drug-likeness (QED) is 0.435. The SMILES string of the molecule is CC(NC(=O)[C@H](CCc1ccccc1)NC(=O)OCC1c2ccccc2-c2ccccc21)C(=O)O. The first kappa shape index (κ1) is 24.0. The van der Waals surface area contributed by atoms with E-state index in [0.29, 0.717) is 12.8 Å². The summed E-state index contributed by atoms with van der Waals surface area (Å²) in [6, 6.07) is 23.6. The first-order valence-electron chi connectivity index (χ1n) is 11.6. The highest BCUT2D eigenvalue weighted by atomic mass is 16.5. The molecule has 0 saturated heterocycles. The van der Waals surface area contributed by atoms with Crippen molar-refractivity contribution in [1.82, 2.24) is 10.6 Å². The van der Waals surface area contributed by atoms with Crippen molar-refractivity contribution in [1.29, 1.82) is 0 Å². The van der Waals surface area contributed by atoms with Gasteiger partial charge in [-0.15, -0.1) is 0 Å². The van der Waals surface area contributed by atoms with Crippen LogP contribution in [0.25, 0.3) is 11.1 Å². The second-order valence-corrected chi connectivity index (χ2v) is 8.62. The summed E-state index contributed by atoms with van der Waals surface area (Å²) in [5, 5.41) is 14.2. The van der Waals surface area contributed by atoms with Gasteiger partial charge in [0.1, 0.15) is 18.7 Å². The highest BCUT2D eigenvalue weighted by Crippen LogP contribution is 2.44. The Morgan fingerprint density at radius 1 is 0.857 bits per heavy atom. The molecule has 0 aliphatic heterocycles. The second-order valence-electron chi connectivity index (χ2n) is 8.62. The maximum Gasteiger partial charge on any atom is 0.407 e. The van der Waals surface area contributed by atoms with Gasteiger partial charge in [-0.2, -0.15) is 0 Å². The molecule has 35 heavy (non-hydrogen) atoms. The number of carboxylic acids is 1. The first-order chi connectivity index (χ1) is 16.9. The van der Waals surface area contributed by atoms with Crippen molar-refractivity contribution in [3.63, 3.8) is 0 Å². The van der Waals surface area contributed by atoms with Crippen LogP contribution in [0, 0.1) is 0 Å². The number of benzene rings is 3. The van der Waals surface area contributed by atoms with E-state index in [1.807, 2.05) is 66.7 Å². The maximum absolute atomic E-state index is 12.8. The molecule has 0 bridgehead atoms. The van der Waals surface area contributed by atoms with E-state index in [-0.39, 0.29) is 12.5 Å². The number of carboxylic acid groups (broad SMARTS) is 1. The van der Waals surface area contributed by atoms with E-state index in [9.17, 15) is 14.4 Å². The number of nitrogens with one attached hydrogen (secondary N) is 2. The smallest absolute Gasteiger partial charge is 0.407 e. The van der Waals surface area contributed by atoms with Gasteiger partial charge in [0.2, 0.25) is 5.91 Å². The Hall–Kier alpha value is -4.13. The Labute approximate surface area is 204 Å². The summed E-state index contributed by atoms with van der Waals surface area (Å²) >= 11 is 0. The van der Waals surface area contributed by atoms with Gasteiger partial charge in [-0.25, -0.2) is 4.79 Å². The number of aryl methyl sites for hydroxylation is 1. The van der Waals surface area contributed by atoms with E-state index >= 15 is 0 Å². The van der Waals surface area contributed by atoms with Crippen molar-refractivity contribution in [2.24, 2.45) is 0 Å². The van der Waals surface area contributed by atoms with Crippen molar-refractivity contribution in [3.05, 3.63) is 95.6 Å². The molecule has 0 aromatic heterocycles. The third kappa shape index (κ3) is 5.69. The van der Waals surface area contributed by atoms with E-state index in [2.05, 4.69) is 22.8 Å². The number of amides is 2. The minimum Gasteiger partial charge on any atom is -0.480 e. The molecule has 1 aliphatic rings. The molecule has 3 aromatic rings. The second kappa shape index (κ2) is 10.9. The molecule has 3 aromatic carbocycles. The molecule has 7 heteroatoms. The zero-order chi connectivity index (χ0) is 24.8. The Morgan fingerprint density at radius 3 is 2.03 bits per heavy atom. The summed E-state index contributed by atoms with van der Waals surface area (Å²) in [4.78, 5) is 36.7. The molecule has 1 aliphatic carbocycles. The standard InChI is InChI=1S/C28H28N2O5/c1-18(27(32)33)29-26(31)25(16-15-19-9-3-2-4-10-19)30-28(34)35-17-24-22-13-7-5-11-20(22)21-12-6-8-14-23(21)24/h2-14,18,24-25H,15-17H2,1H3,(H,29,31)(H,30,34)(H,32,33)/t18?,25-/m0/s1. The normalized spacial score (nSPS) is 13.7. The number of ether oxygens (including phenoxy) is 1. The largest absolute Gasteiger partial charge is 0.480 e. The zero-order valence-corrected chi connectivity index (χ0v) is 19.4. The van der Waals surface area contributed by atoms with Crippen LogP contribution >= 0.6 is 0 Å². The van der Waals surface area contributed by atoms with Gasteiger partial charge in [0.05, 0.1) is 0 Å². The first-order valence-corrected chi connectivity index (χ1v) is 11.6. The lowest BCUT2D eigenvalue weighted by Crippen LogP contribution is -2.51. The average Bonchev–Trinajstić information content (AvgIpc) is 3.19. The van der Waals surface area contributed by atoms with Crippen molar-refractivity contribution < 1.29 is 24.2 Å². The Morgan fingerprint density at radius 2 is 1.43 bits per heavy atom. The highest BCUT2D eigenvalue weighted by Gasteiger charge is 2.30. The van der Waals surface area contributed by atoms with E-state index in [4.69, 9.17) is 9.84 Å². The van der Waals surface area contributed by atoms with Crippen LogP contribution in [0.2, 0.25) is 0 Å². The third-order valence-electron chi connectivity index (χ3n) is 6.25. The fourth-order valence-electron chi connectivity index (χ4n) is 4.38. The number of fused-ring (bicyclic) bond motifs is 3. The van der Waals surface area contributed by atoms with Crippen LogP contribution in [-0.4, -0.2) is 41.8 Å². The number of carbonyl (C=O) groups excluding carboxylic acids is 2. The molecule has 2 atom stereocenters. The van der Waals surface area contributed by atoms with E-state index in [1.165, 1.54) is 6.92 Å². The van der Waals surface area contributed by atoms with Gasteiger partial charge < -0.3 is 20.5 Å². The number of hydrogen-bond acceptors (Lipinski definition) is 4. The Kier molecular flexibility index (Phi) is 7.45. The summed E-state index contributed by atoms with van der Waals surface area (Å²) in [5.41, 5.74) is 5.44. The minimum atomic E-state index is -1.15. The van der Waals surface area contributed by atoms with Gasteiger partial charge in [-0.05, 0) is 47.6 Å². The molecule has 3 N–H and O–H groups in total. The summed E-state index contributed by atoms with van der Waals surface area (Å²) in [5.74, 6) is -1.82. The number of alkyl carbamates (subject to hydrolysis) is 1. The maximum atomic E-state index is 12.8. The number of hydrogen-bond donors (Lipinski definition) is 3. The summed E-state index contributed by atoms with van der Waals surface area (Å²) < 4.78 is 5.58. The van der Waals surface area contributed by atoms with Crippen LogP contribution < -0.4 is 10.6 Å². The molecule has 0 heterocycles. The van der Waals surface area contributed by atoms with Crippen molar-refractivity contribution >= 4 is 18.0 Å². The molecular formula is C28H28N2O5. The van der Waals surface area contributed by atoms with Crippen LogP contribution in [0.1, 0.15) is 36.0 Å². The Bertz CT molecular complexity index is 1170. The number of carbonyl (C=O) groups is 3. The third-order valence-corrected chi connectivity index (χ3v) is 6.25. The van der Waals surface area contributed by atoms with Gasteiger partial charge in [0.25, 0.3) is 0 Å². The predicted molar refractivity (Wildman–Crippen MR) is 132 cm³/mol. The van der Waals surface area contributed by atoms with Crippen LogP contribution in [0.4, 0.5) is 4.79 Å². The molecule has 180 valence electrons. The van der Waals surface area contributed by atoms with E-state index < -0.39 is 30.1 Å². The van der Waals surface area contributed by atoms with Gasteiger partial charge in [-0.3, -0.25) is 9.59 Å². The lowest BCUT2D eigenvalue weighted by Gasteiger charge is -2.21. The van der Waals surface area contributed by atoms with Crippen LogP contribution in [0.15, 0.2) is 78.9 Å². The summed E-state index contributed by atoms with van der Waals surface area (Å²) in [6.45, 7) is 1.50. The lowest BCUT2D eigenvalue weighted by atomic mass is 9.98. The molecule has 2 amide bonds. The Balaban J connectivity index is 1.42. The molecule has 7 nitrogen and oxygen atoms in total. The fraction of sp³-hybridized carbons (Fsp3) is 0.250. The van der Waals surface area contributed by atoms with Crippen LogP contribution in [0.5, 0.6) is 0 Å². The molecule has 0 saturated carbocycles. The summed E-state index contributed by atoms with van der Waals surface area (Å²) in [7, 11) is 0. The minimum absolute atomic E-state index is 0.100. The molecule has 4 rings (SSSR count). The highest BCUT2D eigenvalue weighted by molar-refractivity contribution is 5.89. The molecular weight excluding hydrogens is 444 g/mol. The topological polar surface area (TPSA) is 105 Å². The van der Waals surface area contributed by atoms with Gasteiger partial charge >= 0.3 is 12.1 Å².